The fourth-order valence-corrected chi connectivity index (χ4v) is 1.00. The second-order valence-electron chi connectivity index (χ2n) is 2.01. The molecule has 0 saturated heterocycles. The van der Waals surface area contributed by atoms with E-state index in [9.17, 15) is 9.35 Å². The molecule has 0 aromatic rings. The van der Waals surface area contributed by atoms with E-state index in [1.54, 1.807) is 0 Å². The molecule has 5 nitrogen and oxygen atoms in total. The number of rotatable bonds is 4. The summed E-state index contributed by atoms with van der Waals surface area (Å²) in [6, 6.07) is -0.871. The van der Waals surface area contributed by atoms with Crippen LogP contribution in [0, 0.1) is 0 Å². The zero-order valence-electron chi connectivity index (χ0n) is 6.86. The van der Waals surface area contributed by atoms with Gasteiger partial charge in [0.25, 0.3) is 0 Å². The van der Waals surface area contributed by atoms with E-state index < -0.39 is 23.2 Å². The normalized spacial score (nSPS) is 13.6. The molecule has 7 heteroatoms. The average molecular weight is 219 g/mol. The van der Waals surface area contributed by atoms with Gasteiger partial charge in [0.2, 0.25) is 0 Å². The molecule has 6 N–H and O–H groups in total. The summed E-state index contributed by atoms with van der Waals surface area (Å²) in [6.07, 6.45) is 1.80. The fourth-order valence-electron chi connectivity index (χ4n) is 0.416. The van der Waals surface area contributed by atoms with Crippen LogP contribution in [0.4, 0.5) is 0 Å². The maximum absolute atomic E-state index is 10.4. The van der Waals surface area contributed by atoms with E-state index in [0.29, 0.717) is 5.75 Å². The number of hydrogen-bond donors (Lipinski definition) is 3. The Kier molecular flexibility index (Phi) is 13.6. The minimum absolute atomic E-state index is 0. The van der Waals surface area contributed by atoms with E-state index in [4.69, 9.17) is 10.8 Å². The molecule has 0 saturated carbocycles. The predicted molar refractivity (Wildman–Crippen MR) is 51.4 cm³/mol. The van der Waals surface area contributed by atoms with Gasteiger partial charge in [0.15, 0.2) is 0 Å². The van der Waals surface area contributed by atoms with Crippen molar-refractivity contribution in [1.29, 1.82) is 0 Å². The third-order valence-electron chi connectivity index (χ3n) is 1.03. The highest BCUT2D eigenvalue weighted by atomic mass is 35.5. The minimum atomic E-state index is -1.04. The molecule has 0 heterocycles. The maximum Gasteiger partial charge on any atom is 0.320 e. The van der Waals surface area contributed by atoms with Gasteiger partial charge in [-0.05, 0) is 0 Å². The van der Waals surface area contributed by atoms with Crippen LogP contribution in [0.5, 0.6) is 0 Å². The molecule has 2 atom stereocenters. The summed E-state index contributed by atoms with van der Waals surface area (Å²) in [5.41, 5.74) is 5.13. The third-order valence-corrected chi connectivity index (χ3v) is 1.84. The Labute approximate surface area is 80.9 Å². The monoisotopic (exact) mass is 218 g/mol. The Balaban J connectivity index is -0.000000405. The summed E-state index contributed by atoms with van der Waals surface area (Å²) in [6.45, 7) is 0. The number of hydrogen-bond acceptors (Lipinski definition) is 4. The lowest BCUT2D eigenvalue weighted by Crippen LogP contribution is -2.32. The first-order chi connectivity index (χ1) is 4.54. The van der Waals surface area contributed by atoms with E-state index in [1.807, 2.05) is 0 Å². The highest BCUT2D eigenvalue weighted by molar-refractivity contribution is 7.90. The molecule has 76 valence electrons. The molecule has 0 radical (unpaired) electrons. The topological polar surface area (TPSA) is 121 Å². The molecule has 0 rings (SSSR count). The quantitative estimate of drug-likeness (QED) is 0.562. The van der Waals surface area contributed by atoms with Crippen molar-refractivity contribution in [2.45, 2.75) is 12.5 Å². The molecule has 0 amide bonds. The van der Waals surface area contributed by atoms with Crippen LogP contribution < -0.4 is 11.9 Å². The van der Waals surface area contributed by atoms with Crippen molar-refractivity contribution < 1.29 is 14.5 Å². The number of carboxylic acids is 1. The molecule has 0 aliphatic carbocycles. The van der Waals surface area contributed by atoms with Gasteiger partial charge in [-0.3, -0.25) is 4.79 Å². The minimum Gasteiger partial charge on any atom is -0.617 e. The first-order valence-corrected chi connectivity index (χ1v) is 4.55. The zero-order chi connectivity index (χ0) is 8.15. The second-order valence-corrected chi connectivity index (χ2v) is 3.57. The van der Waals surface area contributed by atoms with Crippen LogP contribution in [0.25, 0.3) is 0 Å². The molecule has 0 spiro atoms. The van der Waals surface area contributed by atoms with Gasteiger partial charge < -0.3 is 21.5 Å². The van der Waals surface area contributed by atoms with Crippen molar-refractivity contribution in [3.63, 3.8) is 0 Å². The lowest BCUT2D eigenvalue weighted by molar-refractivity contribution is -0.138. The summed E-state index contributed by atoms with van der Waals surface area (Å²) in [5, 5.41) is 8.27. The van der Waals surface area contributed by atoms with Gasteiger partial charge >= 0.3 is 5.97 Å². The Morgan fingerprint density at radius 3 is 2.42 bits per heavy atom. The maximum atomic E-state index is 10.4. The summed E-state index contributed by atoms with van der Waals surface area (Å²) >= 11 is -0.946. The SMILES string of the molecule is C[S+]([O-])CCC(N)C(=O)O.Cl.N. The lowest BCUT2D eigenvalue weighted by Gasteiger charge is -2.06. The number of halogens is 1. The van der Waals surface area contributed by atoms with E-state index in [2.05, 4.69) is 0 Å². The molecule has 12 heavy (non-hydrogen) atoms. The van der Waals surface area contributed by atoms with E-state index in [0.717, 1.165) is 0 Å². The number of carboxylic acid groups (broad SMARTS) is 1. The smallest absolute Gasteiger partial charge is 0.320 e. The summed E-state index contributed by atoms with van der Waals surface area (Å²) < 4.78 is 10.4. The molecule has 2 unspecified atom stereocenters. The molecule has 0 bridgehead atoms. The van der Waals surface area contributed by atoms with Crippen molar-refractivity contribution in [2.24, 2.45) is 5.73 Å². The molecular formula is C5H15ClN2O3S. The number of aliphatic carboxylic acids is 1. The Morgan fingerprint density at radius 2 is 2.17 bits per heavy atom. The van der Waals surface area contributed by atoms with Crippen molar-refractivity contribution >= 4 is 29.6 Å². The number of carbonyl (C=O) groups is 1. The van der Waals surface area contributed by atoms with Crippen LogP contribution >= 0.6 is 12.4 Å². The van der Waals surface area contributed by atoms with Gasteiger partial charge in [-0.1, -0.05) is 11.2 Å². The van der Waals surface area contributed by atoms with Crippen LogP contribution in [-0.2, 0) is 16.0 Å². The van der Waals surface area contributed by atoms with Crippen LogP contribution in [-0.4, -0.2) is 33.7 Å². The third kappa shape index (κ3) is 9.99. The summed E-state index contributed by atoms with van der Waals surface area (Å²) in [5.74, 6) is -0.682. The largest absolute Gasteiger partial charge is 0.617 e. The summed E-state index contributed by atoms with van der Waals surface area (Å²) in [4.78, 5) is 10.1. The number of nitrogens with two attached hydrogens (primary N) is 1. The van der Waals surface area contributed by atoms with Crippen molar-refractivity contribution in [3.05, 3.63) is 0 Å². The van der Waals surface area contributed by atoms with Crippen molar-refractivity contribution in [1.82, 2.24) is 6.15 Å². The van der Waals surface area contributed by atoms with E-state index in [1.165, 1.54) is 6.26 Å². The van der Waals surface area contributed by atoms with Gasteiger partial charge in [0.1, 0.15) is 11.8 Å². The predicted octanol–water partition coefficient (Wildman–Crippen LogP) is -0.249. The van der Waals surface area contributed by atoms with Gasteiger partial charge in [-0.15, -0.1) is 12.4 Å². The lowest BCUT2D eigenvalue weighted by atomic mass is 10.2. The van der Waals surface area contributed by atoms with Crippen LogP contribution in [0.1, 0.15) is 6.42 Å². The molecule has 0 aromatic heterocycles. The van der Waals surface area contributed by atoms with Crippen LogP contribution in [0.3, 0.4) is 0 Å². The van der Waals surface area contributed by atoms with E-state index in [-0.39, 0.29) is 25.0 Å². The molecule has 0 aromatic carbocycles. The Hall–Kier alpha value is -0.0100. The van der Waals surface area contributed by atoms with Gasteiger partial charge in [0, 0.05) is 6.42 Å². The molecule has 0 fully saturated rings. The van der Waals surface area contributed by atoms with Crippen LogP contribution in [0.2, 0.25) is 0 Å². The highest BCUT2D eigenvalue weighted by Crippen LogP contribution is 1.93. The zero-order valence-corrected chi connectivity index (χ0v) is 8.49. The highest BCUT2D eigenvalue weighted by Gasteiger charge is 2.12. The van der Waals surface area contributed by atoms with Crippen molar-refractivity contribution in [3.8, 4) is 0 Å². The standard InChI is InChI=1S/C5H11NO3S.ClH.H3N/c1-10(9)3-2-4(6)5(7)8;;/h4H,2-3,6H2,1H3,(H,7,8);1H;1H3. The Bertz CT molecular complexity index is 125. The fraction of sp³-hybridized carbons (Fsp3) is 0.800. The van der Waals surface area contributed by atoms with Gasteiger partial charge in [0.05, 0.1) is 6.26 Å². The molecule has 0 aliphatic rings. The van der Waals surface area contributed by atoms with Gasteiger partial charge in [-0.2, -0.15) is 0 Å². The Morgan fingerprint density at radius 1 is 1.75 bits per heavy atom. The molecule has 0 aliphatic heterocycles. The summed E-state index contributed by atoms with van der Waals surface area (Å²) in [7, 11) is 0. The van der Waals surface area contributed by atoms with Crippen LogP contribution in [0.15, 0.2) is 0 Å². The van der Waals surface area contributed by atoms with Crippen molar-refractivity contribution in [2.75, 3.05) is 12.0 Å². The first-order valence-electron chi connectivity index (χ1n) is 2.82. The van der Waals surface area contributed by atoms with E-state index >= 15 is 0 Å². The average Bonchev–Trinajstić information content (AvgIpc) is 1.82. The molecular weight excluding hydrogens is 204 g/mol. The second kappa shape index (κ2) is 9.08. The van der Waals surface area contributed by atoms with Gasteiger partial charge in [-0.25, -0.2) is 0 Å². The first kappa shape index (κ1) is 17.9.